The summed E-state index contributed by atoms with van der Waals surface area (Å²) in [7, 11) is 0. The first kappa shape index (κ1) is 34.4. The smallest absolute Gasteiger partial charge is 0.343 e. The van der Waals surface area contributed by atoms with Gasteiger partial charge in [0.1, 0.15) is 17.2 Å². The fourth-order valence-electron chi connectivity index (χ4n) is 4.58. The van der Waals surface area contributed by atoms with Crippen LogP contribution in [0.2, 0.25) is 0 Å². The molecule has 0 N–H and O–H groups in total. The second kappa shape index (κ2) is 19.2. The first-order valence-electron chi connectivity index (χ1n) is 16.0. The van der Waals surface area contributed by atoms with E-state index in [1.54, 1.807) is 48.5 Å². The van der Waals surface area contributed by atoms with Gasteiger partial charge < -0.3 is 18.9 Å². The van der Waals surface area contributed by atoms with E-state index in [0.29, 0.717) is 29.2 Å². The van der Waals surface area contributed by atoms with Gasteiger partial charge in [-0.3, -0.25) is 0 Å². The quantitative estimate of drug-likeness (QED) is 0.0767. The highest BCUT2D eigenvalue weighted by Gasteiger charge is 2.15. The van der Waals surface area contributed by atoms with E-state index < -0.39 is 17.9 Å². The number of benzene rings is 3. The summed E-state index contributed by atoms with van der Waals surface area (Å²) in [6.07, 6.45) is 12.4. The van der Waals surface area contributed by atoms with Gasteiger partial charge in [-0.2, -0.15) is 0 Å². The molecule has 0 heterocycles. The Morgan fingerprint density at radius 1 is 0.523 bits per heavy atom. The maximum absolute atomic E-state index is 12.6. The third-order valence-electron chi connectivity index (χ3n) is 7.23. The van der Waals surface area contributed by atoms with Crippen LogP contribution in [0.3, 0.4) is 0 Å². The molecular weight excluding hydrogens is 556 g/mol. The number of rotatable bonds is 19. The minimum absolute atomic E-state index is 0.154. The fourth-order valence-corrected chi connectivity index (χ4v) is 4.58. The summed E-state index contributed by atoms with van der Waals surface area (Å²) in [4.78, 5) is 37.6. The summed E-state index contributed by atoms with van der Waals surface area (Å²) in [5.74, 6) is -0.159. The lowest BCUT2D eigenvalue weighted by Crippen LogP contribution is -2.15. The van der Waals surface area contributed by atoms with E-state index in [1.165, 1.54) is 56.4 Å². The normalized spacial score (nSPS) is 11.4. The maximum atomic E-state index is 12.6. The van der Waals surface area contributed by atoms with Gasteiger partial charge in [0.25, 0.3) is 0 Å². The highest BCUT2D eigenvalue weighted by Crippen LogP contribution is 2.20. The highest BCUT2D eigenvalue weighted by molar-refractivity contribution is 5.93. The van der Waals surface area contributed by atoms with Gasteiger partial charge in [-0.15, -0.1) is 0 Å². The molecule has 0 fully saturated rings. The second-order valence-corrected chi connectivity index (χ2v) is 11.0. The van der Waals surface area contributed by atoms with Crippen LogP contribution in [0, 0.1) is 0 Å². The first-order chi connectivity index (χ1) is 21.4. The predicted molar refractivity (Wildman–Crippen MR) is 172 cm³/mol. The molecule has 0 aliphatic carbocycles. The third-order valence-corrected chi connectivity index (χ3v) is 7.23. The van der Waals surface area contributed by atoms with Gasteiger partial charge in [-0.25, -0.2) is 14.4 Å². The van der Waals surface area contributed by atoms with E-state index in [-0.39, 0.29) is 11.7 Å². The Balaban J connectivity index is 1.42. The molecule has 3 aromatic rings. The molecule has 236 valence electrons. The molecule has 0 spiro atoms. The molecule has 3 aromatic carbocycles. The van der Waals surface area contributed by atoms with E-state index in [4.69, 9.17) is 18.9 Å². The van der Waals surface area contributed by atoms with Crippen molar-refractivity contribution in [2.45, 2.75) is 97.5 Å². The number of carbonyl (C=O) groups is 3. The van der Waals surface area contributed by atoms with E-state index in [0.717, 1.165) is 44.3 Å². The van der Waals surface area contributed by atoms with Gasteiger partial charge >= 0.3 is 17.9 Å². The lowest BCUT2D eigenvalue weighted by atomic mass is 10.1. The van der Waals surface area contributed by atoms with Gasteiger partial charge in [0.2, 0.25) is 0 Å². The number of esters is 3. The van der Waals surface area contributed by atoms with Crippen LogP contribution < -0.4 is 14.2 Å². The monoisotopic (exact) mass is 602 g/mol. The Bertz CT molecular complexity index is 1280. The van der Waals surface area contributed by atoms with Crippen LogP contribution in [0.5, 0.6) is 17.2 Å². The van der Waals surface area contributed by atoms with Gasteiger partial charge in [-0.05, 0) is 99.0 Å². The van der Waals surface area contributed by atoms with Gasteiger partial charge in [0, 0.05) is 0 Å². The van der Waals surface area contributed by atoms with E-state index >= 15 is 0 Å². The summed E-state index contributed by atoms with van der Waals surface area (Å²) >= 11 is 0. The molecule has 0 saturated carbocycles. The number of unbranched alkanes of at least 4 members (excludes halogenated alkanes) is 8. The van der Waals surface area contributed by atoms with Crippen molar-refractivity contribution in [3.8, 4) is 17.2 Å². The summed E-state index contributed by atoms with van der Waals surface area (Å²) in [5.41, 5.74) is 1.08. The van der Waals surface area contributed by atoms with Gasteiger partial charge in [-0.1, -0.05) is 65.2 Å². The van der Waals surface area contributed by atoms with Crippen molar-refractivity contribution in [2.24, 2.45) is 0 Å². The van der Waals surface area contributed by atoms with E-state index in [2.05, 4.69) is 13.8 Å². The molecule has 0 amide bonds. The Hall–Kier alpha value is -4.13. The summed E-state index contributed by atoms with van der Waals surface area (Å²) in [6.45, 7) is 6.93. The average Bonchev–Trinajstić information content (AvgIpc) is 3.03. The van der Waals surface area contributed by atoms with Crippen molar-refractivity contribution in [3.63, 3.8) is 0 Å². The van der Waals surface area contributed by atoms with Crippen molar-refractivity contribution in [2.75, 3.05) is 6.61 Å². The predicted octanol–water partition coefficient (Wildman–Crippen LogP) is 9.38. The highest BCUT2D eigenvalue weighted by atomic mass is 16.5. The molecule has 3 rings (SSSR count). The fraction of sp³-hybridized carbons (Fsp3) is 0.432. The zero-order valence-electron chi connectivity index (χ0n) is 26.3. The molecular formula is C37H46O7. The summed E-state index contributed by atoms with van der Waals surface area (Å²) in [5, 5.41) is 0. The largest absolute Gasteiger partial charge is 0.494 e. The minimum atomic E-state index is -0.574. The Morgan fingerprint density at radius 2 is 0.932 bits per heavy atom. The van der Waals surface area contributed by atoms with Gasteiger partial charge in [0.15, 0.2) is 0 Å². The molecule has 7 nitrogen and oxygen atoms in total. The maximum Gasteiger partial charge on any atom is 0.343 e. The summed E-state index contributed by atoms with van der Waals surface area (Å²) in [6, 6.07) is 19.3. The molecule has 0 saturated heterocycles. The summed E-state index contributed by atoms with van der Waals surface area (Å²) < 4.78 is 22.2. The van der Waals surface area contributed by atoms with Crippen molar-refractivity contribution in [1.82, 2.24) is 0 Å². The van der Waals surface area contributed by atoms with Crippen LogP contribution in [-0.4, -0.2) is 30.6 Å². The molecule has 0 aromatic heterocycles. The SMILES string of the molecule is CCCCCCCCOc1ccc(C(=O)Oc2ccc(C(=O)Oc3ccc(C(=O)OC(C)CCCCCC)cc3)cc2)cc1. The number of hydrogen-bond acceptors (Lipinski definition) is 7. The molecule has 0 aliphatic heterocycles. The van der Waals surface area contributed by atoms with Crippen molar-refractivity contribution in [1.29, 1.82) is 0 Å². The minimum Gasteiger partial charge on any atom is -0.494 e. The topological polar surface area (TPSA) is 88.1 Å². The Morgan fingerprint density at radius 3 is 1.43 bits per heavy atom. The third kappa shape index (κ3) is 12.2. The molecule has 0 radical (unpaired) electrons. The lowest BCUT2D eigenvalue weighted by Gasteiger charge is -2.13. The van der Waals surface area contributed by atoms with E-state index in [1.807, 2.05) is 6.92 Å². The van der Waals surface area contributed by atoms with Crippen molar-refractivity contribution in [3.05, 3.63) is 89.5 Å². The van der Waals surface area contributed by atoms with Crippen LogP contribution >= 0.6 is 0 Å². The molecule has 0 bridgehead atoms. The Kier molecular flexibility index (Phi) is 15.0. The van der Waals surface area contributed by atoms with Crippen LogP contribution in [0.4, 0.5) is 0 Å². The lowest BCUT2D eigenvalue weighted by molar-refractivity contribution is 0.0319. The molecule has 0 aliphatic rings. The second-order valence-electron chi connectivity index (χ2n) is 11.0. The number of carbonyl (C=O) groups excluding carboxylic acids is 3. The standard InChI is InChI=1S/C37H46O7/c1-4-6-8-10-11-13-27-41-32-21-15-30(16-22-32)36(39)43-34-25-19-31(20-26-34)37(40)44-33-23-17-29(18-24-33)35(38)42-28(3)14-12-9-7-5-2/h15-26,28H,4-14,27H2,1-3H3. The Labute approximate surface area is 261 Å². The van der Waals surface area contributed by atoms with Crippen LogP contribution in [0.25, 0.3) is 0 Å². The van der Waals surface area contributed by atoms with Crippen LogP contribution in [-0.2, 0) is 4.74 Å². The number of ether oxygens (including phenoxy) is 4. The average molecular weight is 603 g/mol. The molecule has 44 heavy (non-hydrogen) atoms. The van der Waals surface area contributed by atoms with Crippen molar-refractivity contribution >= 4 is 17.9 Å². The zero-order chi connectivity index (χ0) is 31.6. The van der Waals surface area contributed by atoms with Crippen LogP contribution in [0.1, 0.15) is 122 Å². The molecule has 1 unspecified atom stereocenters. The van der Waals surface area contributed by atoms with Gasteiger partial charge in [0.05, 0.1) is 29.4 Å². The molecule has 1 atom stereocenters. The number of hydrogen-bond donors (Lipinski definition) is 0. The van der Waals surface area contributed by atoms with Crippen LogP contribution in [0.15, 0.2) is 72.8 Å². The zero-order valence-corrected chi connectivity index (χ0v) is 26.3. The molecule has 7 heteroatoms. The first-order valence-corrected chi connectivity index (χ1v) is 16.0. The van der Waals surface area contributed by atoms with E-state index in [9.17, 15) is 14.4 Å². The van der Waals surface area contributed by atoms with Crippen molar-refractivity contribution < 1.29 is 33.3 Å².